The van der Waals surface area contributed by atoms with Crippen LogP contribution in [-0.2, 0) is 6.54 Å². The van der Waals surface area contributed by atoms with Crippen molar-refractivity contribution in [2.45, 2.75) is 38.8 Å². The predicted octanol–water partition coefficient (Wildman–Crippen LogP) is 3.25. The SMILES string of the molecule is C[C@@H]1C[C@H]1NCC1CCN(Cc2ccc(C(=O)O)c(Cl)c2)CC1. The first-order valence-electron chi connectivity index (χ1n) is 8.50. The molecule has 23 heavy (non-hydrogen) atoms. The molecule has 3 rings (SSSR count). The molecule has 2 atom stereocenters. The van der Waals surface area contributed by atoms with Gasteiger partial charge in [-0.15, -0.1) is 0 Å². The third-order valence-corrected chi connectivity index (χ3v) is 5.47. The lowest BCUT2D eigenvalue weighted by Crippen LogP contribution is -2.37. The van der Waals surface area contributed by atoms with Gasteiger partial charge in [-0.2, -0.15) is 0 Å². The molecular weight excluding hydrogens is 312 g/mol. The van der Waals surface area contributed by atoms with Gasteiger partial charge in [-0.1, -0.05) is 24.6 Å². The Morgan fingerprint density at radius 3 is 2.65 bits per heavy atom. The first kappa shape index (κ1) is 16.7. The van der Waals surface area contributed by atoms with Crippen LogP contribution in [0.15, 0.2) is 18.2 Å². The van der Waals surface area contributed by atoms with Gasteiger partial charge in [0.2, 0.25) is 0 Å². The summed E-state index contributed by atoms with van der Waals surface area (Å²) in [6.45, 7) is 6.51. The van der Waals surface area contributed by atoms with E-state index in [-0.39, 0.29) is 5.56 Å². The number of carbonyl (C=O) groups is 1. The number of carboxylic acids is 1. The van der Waals surface area contributed by atoms with Crippen LogP contribution >= 0.6 is 11.6 Å². The standard InChI is InChI=1S/C18H25ClN2O2/c1-12-8-17(12)20-10-13-4-6-21(7-5-13)11-14-2-3-15(18(22)23)16(19)9-14/h2-3,9,12-13,17,20H,4-8,10-11H2,1H3,(H,22,23)/t12-,17-/m1/s1. The largest absolute Gasteiger partial charge is 0.478 e. The van der Waals surface area contributed by atoms with Crippen LogP contribution in [0.1, 0.15) is 42.1 Å². The average Bonchev–Trinajstić information content (AvgIpc) is 3.22. The van der Waals surface area contributed by atoms with Crippen LogP contribution in [0, 0.1) is 11.8 Å². The first-order chi connectivity index (χ1) is 11.0. The van der Waals surface area contributed by atoms with Crippen molar-refractivity contribution >= 4 is 17.6 Å². The third-order valence-electron chi connectivity index (χ3n) is 5.16. The minimum atomic E-state index is -0.972. The quantitative estimate of drug-likeness (QED) is 0.837. The molecule has 1 aromatic carbocycles. The number of nitrogens with zero attached hydrogens (tertiary/aromatic N) is 1. The second-order valence-corrected chi connectivity index (χ2v) is 7.47. The topological polar surface area (TPSA) is 52.6 Å². The Labute approximate surface area is 142 Å². The Kier molecular flexibility index (Phi) is 5.24. The van der Waals surface area contributed by atoms with E-state index >= 15 is 0 Å². The lowest BCUT2D eigenvalue weighted by molar-refractivity contribution is 0.0697. The molecule has 5 heteroatoms. The molecule has 4 nitrogen and oxygen atoms in total. The van der Waals surface area contributed by atoms with E-state index < -0.39 is 5.97 Å². The van der Waals surface area contributed by atoms with Crippen molar-refractivity contribution in [1.29, 1.82) is 0 Å². The fourth-order valence-electron chi connectivity index (χ4n) is 3.36. The molecule has 0 radical (unpaired) electrons. The summed E-state index contributed by atoms with van der Waals surface area (Å²) in [6, 6.07) is 6.03. The van der Waals surface area contributed by atoms with Crippen LogP contribution in [0.4, 0.5) is 0 Å². The lowest BCUT2D eigenvalue weighted by atomic mass is 9.96. The number of aromatic carboxylic acids is 1. The van der Waals surface area contributed by atoms with Gasteiger partial charge in [-0.05, 0) is 68.4 Å². The normalized spacial score (nSPS) is 25.5. The molecule has 0 aromatic heterocycles. The van der Waals surface area contributed by atoms with E-state index in [0.717, 1.165) is 49.6 Å². The van der Waals surface area contributed by atoms with Crippen LogP contribution in [0.3, 0.4) is 0 Å². The highest BCUT2D eigenvalue weighted by atomic mass is 35.5. The van der Waals surface area contributed by atoms with Crippen LogP contribution < -0.4 is 5.32 Å². The van der Waals surface area contributed by atoms with Gasteiger partial charge in [-0.3, -0.25) is 4.90 Å². The molecule has 1 saturated carbocycles. The van der Waals surface area contributed by atoms with Crippen LogP contribution in [0.25, 0.3) is 0 Å². The van der Waals surface area contributed by atoms with Crippen molar-refractivity contribution in [3.63, 3.8) is 0 Å². The Morgan fingerprint density at radius 1 is 1.39 bits per heavy atom. The van der Waals surface area contributed by atoms with Crippen molar-refractivity contribution in [3.05, 3.63) is 34.3 Å². The fourth-order valence-corrected chi connectivity index (χ4v) is 3.65. The number of likely N-dealkylation sites (tertiary alicyclic amines) is 1. The second-order valence-electron chi connectivity index (χ2n) is 7.07. The summed E-state index contributed by atoms with van der Waals surface area (Å²) in [7, 11) is 0. The van der Waals surface area contributed by atoms with E-state index in [4.69, 9.17) is 16.7 Å². The molecule has 1 aromatic rings. The molecule has 1 heterocycles. The number of nitrogens with one attached hydrogen (secondary N) is 1. The molecule has 1 aliphatic carbocycles. The van der Waals surface area contributed by atoms with Crippen molar-refractivity contribution in [3.8, 4) is 0 Å². The van der Waals surface area contributed by atoms with Crippen LogP contribution in [0.5, 0.6) is 0 Å². The monoisotopic (exact) mass is 336 g/mol. The maximum atomic E-state index is 11.0. The molecule has 2 fully saturated rings. The molecule has 0 amide bonds. The zero-order valence-electron chi connectivity index (χ0n) is 13.6. The number of piperidine rings is 1. The van der Waals surface area contributed by atoms with Crippen LogP contribution in [0.2, 0.25) is 5.02 Å². The minimum absolute atomic E-state index is 0.175. The molecule has 0 bridgehead atoms. The first-order valence-corrected chi connectivity index (χ1v) is 8.88. The van der Waals surface area contributed by atoms with Crippen molar-refractivity contribution in [2.75, 3.05) is 19.6 Å². The smallest absolute Gasteiger partial charge is 0.337 e. The maximum Gasteiger partial charge on any atom is 0.337 e. The second kappa shape index (κ2) is 7.20. The number of benzene rings is 1. The number of hydrogen-bond donors (Lipinski definition) is 2. The molecule has 0 spiro atoms. The van der Waals surface area contributed by atoms with Gasteiger partial charge in [0.15, 0.2) is 0 Å². The predicted molar refractivity (Wildman–Crippen MR) is 92.0 cm³/mol. The van der Waals surface area contributed by atoms with E-state index in [1.807, 2.05) is 6.07 Å². The molecule has 126 valence electrons. The Bertz CT molecular complexity index is 570. The Morgan fingerprint density at radius 2 is 2.09 bits per heavy atom. The van der Waals surface area contributed by atoms with Crippen LogP contribution in [-0.4, -0.2) is 41.7 Å². The van der Waals surface area contributed by atoms with E-state index in [1.165, 1.54) is 19.3 Å². The Hall–Kier alpha value is -1.10. The van der Waals surface area contributed by atoms with Gasteiger partial charge in [0, 0.05) is 12.6 Å². The van der Waals surface area contributed by atoms with Crippen molar-refractivity contribution < 1.29 is 9.90 Å². The van der Waals surface area contributed by atoms with Gasteiger partial charge in [-0.25, -0.2) is 4.79 Å². The number of hydrogen-bond acceptors (Lipinski definition) is 3. The zero-order chi connectivity index (χ0) is 16.4. The van der Waals surface area contributed by atoms with Gasteiger partial charge in [0.1, 0.15) is 0 Å². The van der Waals surface area contributed by atoms with Gasteiger partial charge < -0.3 is 10.4 Å². The summed E-state index contributed by atoms with van der Waals surface area (Å²) in [5, 5.41) is 13.0. The number of carboxylic acid groups (broad SMARTS) is 1. The summed E-state index contributed by atoms with van der Waals surface area (Å²) < 4.78 is 0. The molecular formula is C18H25ClN2O2. The number of halogens is 1. The summed E-state index contributed by atoms with van der Waals surface area (Å²) >= 11 is 6.05. The van der Waals surface area contributed by atoms with E-state index in [2.05, 4.69) is 17.1 Å². The highest BCUT2D eigenvalue weighted by Crippen LogP contribution is 2.29. The minimum Gasteiger partial charge on any atom is -0.478 e. The van der Waals surface area contributed by atoms with Gasteiger partial charge in [0.05, 0.1) is 10.6 Å². The summed E-state index contributed by atoms with van der Waals surface area (Å²) in [5.74, 6) is 0.686. The highest BCUT2D eigenvalue weighted by Gasteiger charge is 2.32. The van der Waals surface area contributed by atoms with E-state index in [0.29, 0.717) is 5.02 Å². The molecule has 1 saturated heterocycles. The number of rotatable bonds is 6. The van der Waals surface area contributed by atoms with E-state index in [9.17, 15) is 4.79 Å². The summed E-state index contributed by atoms with van der Waals surface area (Å²) in [6.07, 6.45) is 3.80. The zero-order valence-corrected chi connectivity index (χ0v) is 14.4. The van der Waals surface area contributed by atoms with Gasteiger partial charge in [0.25, 0.3) is 0 Å². The van der Waals surface area contributed by atoms with Crippen molar-refractivity contribution in [2.24, 2.45) is 11.8 Å². The molecule has 0 unspecified atom stereocenters. The van der Waals surface area contributed by atoms with E-state index in [1.54, 1.807) is 12.1 Å². The molecule has 1 aliphatic heterocycles. The fraction of sp³-hybridized carbons (Fsp3) is 0.611. The maximum absolute atomic E-state index is 11.0. The third kappa shape index (κ3) is 4.46. The van der Waals surface area contributed by atoms with Gasteiger partial charge >= 0.3 is 5.97 Å². The molecule has 2 N–H and O–H groups in total. The van der Waals surface area contributed by atoms with Crippen molar-refractivity contribution in [1.82, 2.24) is 10.2 Å². The summed E-state index contributed by atoms with van der Waals surface area (Å²) in [5.41, 5.74) is 1.26. The Balaban J connectivity index is 1.45. The molecule has 2 aliphatic rings. The average molecular weight is 337 g/mol. The lowest BCUT2D eigenvalue weighted by Gasteiger charge is -2.32. The summed E-state index contributed by atoms with van der Waals surface area (Å²) in [4.78, 5) is 13.4. The highest BCUT2D eigenvalue weighted by molar-refractivity contribution is 6.33.